The van der Waals surface area contributed by atoms with Gasteiger partial charge >= 0.3 is 0 Å². The van der Waals surface area contributed by atoms with E-state index in [4.69, 9.17) is 0 Å². The predicted octanol–water partition coefficient (Wildman–Crippen LogP) is 3.78. The number of rotatable bonds is 7. The number of benzene rings is 1. The lowest BCUT2D eigenvalue weighted by molar-refractivity contribution is 0.194. The fourth-order valence-corrected chi connectivity index (χ4v) is 3.73. The molecule has 2 heteroatoms. The molecule has 0 saturated heterocycles. The summed E-state index contributed by atoms with van der Waals surface area (Å²) in [6.45, 7) is 4.87. The summed E-state index contributed by atoms with van der Waals surface area (Å²) in [5, 5.41) is 13.4. The molecule has 21 heavy (non-hydrogen) atoms. The minimum absolute atomic E-state index is 0.190. The van der Waals surface area contributed by atoms with Gasteiger partial charge in [-0.2, -0.15) is 0 Å². The molecule has 0 aliphatic heterocycles. The van der Waals surface area contributed by atoms with Crippen molar-refractivity contribution < 1.29 is 5.11 Å². The number of aliphatic hydroxyl groups is 1. The van der Waals surface area contributed by atoms with Gasteiger partial charge in [-0.3, -0.25) is 0 Å². The van der Waals surface area contributed by atoms with Gasteiger partial charge in [-0.15, -0.1) is 0 Å². The summed E-state index contributed by atoms with van der Waals surface area (Å²) in [6, 6.07) is 11.3. The molecule has 0 amide bonds. The molecule has 1 aromatic carbocycles. The Balaban J connectivity index is 1.83. The zero-order chi connectivity index (χ0) is 15.1. The molecule has 1 fully saturated rings. The SMILES string of the molecule is CC(C)CC1CCCC(N[C@@H](CO)Cc2ccccc2)C1. The van der Waals surface area contributed by atoms with Gasteiger partial charge in [0.05, 0.1) is 6.61 Å². The summed E-state index contributed by atoms with van der Waals surface area (Å²) in [4.78, 5) is 0. The van der Waals surface area contributed by atoms with E-state index < -0.39 is 0 Å². The van der Waals surface area contributed by atoms with Crippen molar-refractivity contribution in [3.8, 4) is 0 Å². The lowest BCUT2D eigenvalue weighted by Crippen LogP contribution is -2.44. The van der Waals surface area contributed by atoms with Gasteiger partial charge in [-0.1, -0.05) is 57.0 Å². The van der Waals surface area contributed by atoms with E-state index in [1.165, 1.54) is 37.7 Å². The first-order valence-corrected chi connectivity index (χ1v) is 8.58. The van der Waals surface area contributed by atoms with Crippen molar-refractivity contribution in [2.75, 3.05) is 6.61 Å². The monoisotopic (exact) mass is 289 g/mol. The molecule has 0 aromatic heterocycles. The molecule has 1 aliphatic carbocycles. The Labute approximate surface area is 130 Å². The highest BCUT2D eigenvalue weighted by molar-refractivity contribution is 5.16. The van der Waals surface area contributed by atoms with Crippen LogP contribution in [0.1, 0.15) is 51.5 Å². The highest BCUT2D eigenvalue weighted by atomic mass is 16.3. The maximum Gasteiger partial charge on any atom is 0.0587 e. The van der Waals surface area contributed by atoms with Crippen LogP contribution < -0.4 is 5.32 Å². The van der Waals surface area contributed by atoms with Crippen LogP contribution in [0.25, 0.3) is 0 Å². The Bertz CT molecular complexity index is 390. The second-order valence-corrected chi connectivity index (χ2v) is 7.09. The molecule has 0 spiro atoms. The highest BCUT2D eigenvalue weighted by Gasteiger charge is 2.24. The van der Waals surface area contributed by atoms with Crippen molar-refractivity contribution >= 4 is 0 Å². The summed E-state index contributed by atoms with van der Waals surface area (Å²) in [5.74, 6) is 1.67. The van der Waals surface area contributed by atoms with E-state index in [1.54, 1.807) is 0 Å². The number of hydrogen-bond donors (Lipinski definition) is 2. The van der Waals surface area contributed by atoms with Gasteiger partial charge in [0.15, 0.2) is 0 Å². The normalized spacial score (nSPS) is 24.2. The van der Waals surface area contributed by atoms with Crippen molar-refractivity contribution in [1.82, 2.24) is 5.32 Å². The van der Waals surface area contributed by atoms with Crippen LogP contribution in [0, 0.1) is 11.8 Å². The Morgan fingerprint density at radius 2 is 1.95 bits per heavy atom. The van der Waals surface area contributed by atoms with Gasteiger partial charge in [0.1, 0.15) is 0 Å². The largest absolute Gasteiger partial charge is 0.395 e. The van der Waals surface area contributed by atoms with Crippen molar-refractivity contribution in [1.29, 1.82) is 0 Å². The molecular formula is C19H31NO. The first-order valence-electron chi connectivity index (χ1n) is 8.58. The first-order chi connectivity index (χ1) is 10.2. The smallest absolute Gasteiger partial charge is 0.0587 e. The quantitative estimate of drug-likeness (QED) is 0.800. The van der Waals surface area contributed by atoms with Gasteiger partial charge < -0.3 is 10.4 Å². The second-order valence-electron chi connectivity index (χ2n) is 7.09. The van der Waals surface area contributed by atoms with Crippen LogP contribution in [-0.2, 0) is 6.42 Å². The maximum absolute atomic E-state index is 9.67. The van der Waals surface area contributed by atoms with Crippen LogP contribution >= 0.6 is 0 Å². The van der Waals surface area contributed by atoms with Crippen LogP contribution in [0.15, 0.2) is 30.3 Å². The van der Waals surface area contributed by atoms with E-state index in [9.17, 15) is 5.11 Å². The fourth-order valence-electron chi connectivity index (χ4n) is 3.73. The van der Waals surface area contributed by atoms with Crippen molar-refractivity contribution in [3.63, 3.8) is 0 Å². The lowest BCUT2D eigenvalue weighted by atomic mass is 9.81. The van der Waals surface area contributed by atoms with Gasteiger partial charge in [0.25, 0.3) is 0 Å². The molecule has 2 rings (SSSR count). The lowest BCUT2D eigenvalue weighted by Gasteiger charge is -2.33. The zero-order valence-corrected chi connectivity index (χ0v) is 13.6. The molecule has 1 saturated carbocycles. The Kier molecular flexibility index (Phi) is 6.72. The molecule has 1 aromatic rings. The third kappa shape index (κ3) is 5.80. The van der Waals surface area contributed by atoms with E-state index in [0.29, 0.717) is 6.04 Å². The molecule has 1 aliphatic rings. The third-order valence-corrected chi connectivity index (χ3v) is 4.60. The van der Waals surface area contributed by atoms with Gasteiger partial charge in [-0.25, -0.2) is 0 Å². The average Bonchev–Trinajstić information content (AvgIpc) is 2.47. The zero-order valence-electron chi connectivity index (χ0n) is 13.6. The van der Waals surface area contributed by atoms with Crippen molar-refractivity contribution in [3.05, 3.63) is 35.9 Å². The molecule has 0 bridgehead atoms. The van der Waals surface area contributed by atoms with Crippen LogP contribution in [-0.4, -0.2) is 23.8 Å². The summed E-state index contributed by atoms with van der Waals surface area (Å²) >= 11 is 0. The topological polar surface area (TPSA) is 32.3 Å². The van der Waals surface area contributed by atoms with E-state index in [-0.39, 0.29) is 12.6 Å². The molecule has 0 heterocycles. The molecule has 2 nitrogen and oxygen atoms in total. The Morgan fingerprint density at radius 1 is 1.19 bits per heavy atom. The molecule has 3 atom stereocenters. The number of aliphatic hydroxyl groups excluding tert-OH is 1. The standard InChI is InChI=1S/C19H31NO/c1-15(2)11-17-9-6-10-18(13-17)20-19(14-21)12-16-7-4-3-5-8-16/h3-5,7-8,15,17-21H,6,9-14H2,1-2H3/t17?,18?,19-/m1/s1. The Hall–Kier alpha value is -0.860. The number of hydrogen-bond acceptors (Lipinski definition) is 2. The van der Waals surface area contributed by atoms with Gasteiger partial charge in [-0.05, 0) is 43.1 Å². The maximum atomic E-state index is 9.67. The van der Waals surface area contributed by atoms with Crippen LogP contribution in [0.2, 0.25) is 0 Å². The van der Waals surface area contributed by atoms with E-state index in [0.717, 1.165) is 18.3 Å². The summed E-state index contributed by atoms with van der Waals surface area (Å²) < 4.78 is 0. The minimum atomic E-state index is 0.190. The minimum Gasteiger partial charge on any atom is -0.395 e. The second kappa shape index (κ2) is 8.55. The van der Waals surface area contributed by atoms with E-state index >= 15 is 0 Å². The van der Waals surface area contributed by atoms with E-state index in [1.807, 2.05) is 6.07 Å². The third-order valence-electron chi connectivity index (χ3n) is 4.60. The van der Waals surface area contributed by atoms with Crippen LogP contribution in [0.3, 0.4) is 0 Å². The predicted molar refractivity (Wildman–Crippen MR) is 89.4 cm³/mol. The summed E-state index contributed by atoms with van der Waals surface area (Å²) in [5.41, 5.74) is 1.30. The number of nitrogens with one attached hydrogen (secondary N) is 1. The summed E-state index contributed by atoms with van der Waals surface area (Å²) in [7, 11) is 0. The average molecular weight is 289 g/mol. The fraction of sp³-hybridized carbons (Fsp3) is 0.684. The van der Waals surface area contributed by atoms with Gasteiger partial charge in [0, 0.05) is 12.1 Å². The molecular weight excluding hydrogens is 258 g/mol. The highest BCUT2D eigenvalue weighted by Crippen LogP contribution is 2.29. The van der Waals surface area contributed by atoms with Gasteiger partial charge in [0.2, 0.25) is 0 Å². The van der Waals surface area contributed by atoms with Crippen molar-refractivity contribution in [2.45, 2.75) is 64.5 Å². The molecule has 2 unspecified atom stereocenters. The molecule has 118 valence electrons. The summed E-state index contributed by atoms with van der Waals surface area (Å²) in [6.07, 6.45) is 7.53. The first kappa shape index (κ1) is 16.5. The van der Waals surface area contributed by atoms with Crippen LogP contribution in [0.5, 0.6) is 0 Å². The Morgan fingerprint density at radius 3 is 2.62 bits per heavy atom. The van der Waals surface area contributed by atoms with Crippen LogP contribution in [0.4, 0.5) is 0 Å². The van der Waals surface area contributed by atoms with E-state index in [2.05, 4.69) is 43.4 Å². The van der Waals surface area contributed by atoms with Crippen molar-refractivity contribution in [2.24, 2.45) is 11.8 Å². The molecule has 0 radical (unpaired) electrons. The molecule has 2 N–H and O–H groups in total.